The van der Waals surface area contributed by atoms with Gasteiger partial charge in [0.15, 0.2) is 5.82 Å². The van der Waals surface area contributed by atoms with Crippen molar-refractivity contribution in [1.82, 2.24) is 34.8 Å². The van der Waals surface area contributed by atoms with E-state index in [1.165, 1.54) is 11.0 Å². The third-order valence-corrected chi connectivity index (χ3v) is 14.2. The van der Waals surface area contributed by atoms with Crippen LogP contribution < -0.4 is 10.2 Å². The summed E-state index contributed by atoms with van der Waals surface area (Å²) in [4.78, 5) is 75.1. The number of amides is 5. The standard InChI is InChI=1S/C50H53ClF2N8O5/c1-50(2)44-30(8-5-10-40(44)61(49(50)66)41-11-12-42(62)56-47(41)64)15-22-58-20-13-29(14-21-58)32-25-37(51)35(26-38(32)52)34-24-33(45(53)46-36(34)27-39(55-46)48(65)57(3)4)31-9-6-18-59(28-31)43(63)16-23-60-19-7-17-54-60/h5,7-10,17,19,24-27,29,41,55H,6,11-16,18,20-23,28H2,1-4H3,(H,56,62,64). The summed E-state index contributed by atoms with van der Waals surface area (Å²) in [5.41, 5.74) is 4.23. The third kappa shape index (κ3) is 8.31. The zero-order valence-electron chi connectivity index (χ0n) is 37.6. The number of H-pyrrole nitrogens is 1. The molecule has 0 aliphatic carbocycles. The molecule has 1 unspecified atom stereocenters. The van der Waals surface area contributed by atoms with Crippen molar-refractivity contribution >= 4 is 63.3 Å². The summed E-state index contributed by atoms with van der Waals surface area (Å²) in [6, 6.07) is 13.2. The van der Waals surface area contributed by atoms with E-state index in [1.54, 1.807) is 65.2 Å². The maximum absolute atomic E-state index is 16.7. The van der Waals surface area contributed by atoms with Gasteiger partial charge in [-0.05, 0) is 129 Å². The number of fused-ring (bicyclic) bond motifs is 2. The second-order valence-corrected chi connectivity index (χ2v) is 19.0. The predicted molar refractivity (Wildman–Crippen MR) is 248 cm³/mol. The lowest BCUT2D eigenvalue weighted by Crippen LogP contribution is -2.55. The summed E-state index contributed by atoms with van der Waals surface area (Å²) < 4.78 is 35.0. The molecule has 9 rings (SSSR count). The third-order valence-electron chi connectivity index (χ3n) is 13.8. The summed E-state index contributed by atoms with van der Waals surface area (Å²) in [6.45, 7) is 7.02. The number of benzene rings is 3. The van der Waals surface area contributed by atoms with E-state index in [1.807, 2.05) is 38.1 Å². The molecule has 0 spiro atoms. The van der Waals surface area contributed by atoms with Crippen molar-refractivity contribution in [3.8, 4) is 11.1 Å². The fourth-order valence-corrected chi connectivity index (χ4v) is 10.6. The van der Waals surface area contributed by atoms with Gasteiger partial charge in [0, 0.05) is 92.7 Å². The minimum absolute atomic E-state index is 0.0794. The van der Waals surface area contributed by atoms with Crippen LogP contribution in [0.1, 0.15) is 91.0 Å². The van der Waals surface area contributed by atoms with Crippen LogP contribution in [-0.2, 0) is 37.6 Å². The monoisotopic (exact) mass is 918 g/mol. The van der Waals surface area contributed by atoms with Crippen LogP contribution in [-0.4, -0.2) is 112 Å². The highest BCUT2D eigenvalue weighted by molar-refractivity contribution is 6.34. The van der Waals surface area contributed by atoms with Gasteiger partial charge in [0.2, 0.25) is 23.6 Å². The van der Waals surface area contributed by atoms with Gasteiger partial charge in [-0.25, -0.2) is 8.78 Å². The number of hydrogen-bond acceptors (Lipinski definition) is 7. The number of rotatable bonds is 11. The smallest absolute Gasteiger partial charge is 0.269 e. The lowest BCUT2D eigenvalue weighted by molar-refractivity contribution is -0.136. The van der Waals surface area contributed by atoms with Gasteiger partial charge < -0.3 is 19.7 Å². The maximum Gasteiger partial charge on any atom is 0.269 e. The Hall–Kier alpha value is -6.19. The molecule has 6 heterocycles. The number of likely N-dealkylation sites (tertiary alicyclic amines) is 1. The zero-order valence-corrected chi connectivity index (χ0v) is 38.3. The molecule has 5 amide bonds. The molecule has 3 aromatic carbocycles. The molecule has 0 radical (unpaired) electrons. The molecule has 66 heavy (non-hydrogen) atoms. The highest BCUT2D eigenvalue weighted by Gasteiger charge is 2.50. The quantitative estimate of drug-likeness (QED) is 0.133. The summed E-state index contributed by atoms with van der Waals surface area (Å²) in [5, 5.41) is 7.25. The number of aromatic amines is 1. The number of carbonyl (C=O) groups is 5. The Balaban J connectivity index is 0.930. The first-order valence-electron chi connectivity index (χ1n) is 22.6. The van der Waals surface area contributed by atoms with E-state index in [0.717, 1.165) is 30.8 Å². The van der Waals surface area contributed by atoms with Gasteiger partial charge in [-0.1, -0.05) is 29.8 Å². The van der Waals surface area contributed by atoms with E-state index in [0.29, 0.717) is 77.1 Å². The Morgan fingerprint density at radius 3 is 2.47 bits per heavy atom. The van der Waals surface area contributed by atoms with Crippen molar-refractivity contribution < 1.29 is 32.8 Å². The highest BCUT2D eigenvalue weighted by atomic mass is 35.5. The number of aromatic nitrogens is 3. The molecule has 0 saturated carbocycles. The van der Waals surface area contributed by atoms with E-state index >= 15 is 8.78 Å². The minimum Gasteiger partial charge on any atom is -0.348 e. The summed E-state index contributed by atoms with van der Waals surface area (Å²) in [7, 11) is 3.21. The van der Waals surface area contributed by atoms with Crippen molar-refractivity contribution in [1.29, 1.82) is 0 Å². The topological polar surface area (TPSA) is 144 Å². The molecule has 16 heteroatoms. The van der Waals surface area contributed by atoms with Crippen LogP contribution in [0.25, 0.3) is 27.6 Å². The van der Waals surface area contributed by atoms with Gasteiger partial charge in [-0.2, -0.15) is 5.10 Å². The van der Waals surface area contributed by atoms with Crippen molar-refractivity contribution in [3.05, 3.63) is 112 Å². The first-order valence-corrected chi connectivity index (χ1v) is 23.0. The fourth-order valence-electron chi connectivity index (χ4n) is 10.3. The van der Waals surface area contributed by atoms with Crippen molar-refractivity contribution in [2.75, 3.05) is 51.7 Å². The molecule has 344 valence electrons. The average molecular weight is 919 g/mol. The van der Waals surface area contributed by atoms with Crippen LogP contribution in [0.4, 0.5) is 14.5 Å². The summed E-state index contributed by atoms with van der Waals surface area (Å²) in [6.07, 6.45) is 8.64. The maximum atomic E-state index is 16.7. The predicted octanol–water partition coefficient (Wildman–Crippen LogP) is 7.22. The van der Waals surface area contributed by atoms with E-state index in [9.17, 15) is 24.0 Å². The molecular weight excluding hydrogens is 866 g/mol. The van der Waals surface area contributed by atoms with Crippen LogP contribution in [0.15, 0.2) is 67.0 Å². The normalized spacial score (nSPS) is 19.0. The lowest BCUT2D eigenvalue weighted by Gasteiger charge is -2.33. The number of hydrogen-bond donors (Lipinski definition) is 2. The van der Waals surface area contributed by atoms with Gasteiger partial charge in [-0.3, -0.25) is 38.9 Å². The molecule has 0 bridgehead atoms. The molecular formula is C50H53ClF2N8O5. The van der Waals surface area contributed by atoms with E-state index in [-0.39, 0.29) is 72.1 Å². The van der Waals surface area contributed by atoms with Crippen LogP contribution in [0, 0.1) is 11.6 Å². The van der Waals surface area contributed by atoms with Gasteiger partial charge in [0.1, 0.15) is 17.6 Å². The molecule has 2 saturated heterocycles. The number of carbonyl (C=O) groups excluding carboxylic acids is 5. The van der Waals surface area contributed by atoms with Crippen LogP contribution >= 0.6 is 11.6 Å². The Bertz CT molecular complexity index is 2810. The molecule has 5 aromatic rings. The molecule has 2 aromatic heterocycles. The Labute approximate surface area is 386 Å². The average Bonchev–Trinajstić information content (AvgIpc) is 4.04. The largest absolute Gasteiger partial charge is 0.348 e. The van der Waals surface area contributed by atoms with Gasteiger partial charge in [0.25, 0.3) is 5.91 Å². The van der Waals surface area contributed by atoms with Crippen molar-refractivity contribution in [3.63, 3.8) is 0 Å². The van der Waals surface area contributed by atoms with E-state index < -0.39 is 29.0 Å². The van der Waals surface area contributed by atoms with Crippen molar-refractivity contribution in [2.24, 2.45) is 0 Å². The van der Waals surface area contributed by atoms with Crippen LogP contribution in [0.3, 0.4) is 0 Å². The number of nitrogens with zero attached hydrogens (tertiary/aromatic N) is 6. The Morgan fingerprint density at radius 1 is 0.955 bits per heavy atom. The number of aryl methyl sites for hydroxylation is 1. The second kappa shape index (κ2) is 17.9. The summed E-state index contributed by atoms with van der Waals surface area (Å²) >= 11 is 7.10. The van der Waals surface area contributed by atoms with Crippen LogP contribution in [0.5, 0.6) is 0 Å². The lowest BCUT2D eigenvalue weighted by atomic mass is 9.82. The molecule has 13 nitrogen and oxygen atoms in total. The minimum atomic E-state index is -0.853. The Kier molecular flexibility index (Phi) is 12.2. The number of imide groups is 1. The first kappa shape index (κ1) is 45.0. The molecule has 2 N–H and O–H groups in total. The van der Waals surface area contributed by atoms with E-state index in [4.69, 9.17) is 11.6 Å². The molecule has 1 atom stereocenters. The SMILES string of the molecule is CN(C)C(=O)c1cc2c(-c3cc(F)c(C4CCN(CCc5cccc6c5C(C)(C)C(=O)N6C5CCC(=O)NC5=O)CC4)cc3Cl)cc(C3=CCCN(C(=O)CCn4cccn4)C3)c(F)c2[nH]1. The number of halogens is 3. The van der Waals surface area contributed by atoms with Gasteiger partial charge >= 0.3 is 0 Å². The zero-order chi connectivity index (χ0) is 46.6. The van der Waals surface area contributed by atoms with Gasteiger partial charge in [-0.15, -0.1) is 0 Å². The molecule has 4 aliphatic heterocycles. The number of nitrogens with one attached hydrogen (secondary N) is 2. The molecule has 2 fully saturated rings. The van der Waals surface area contributed by atoms with Gasteiger partial charge in [0.05, 0.1) is 10.9 Å². The first-order chi connectivity index (χ1) is 31.6. The molecule has 4 aliphatic rings. The van der Waals surface area contributed by atoms with Crippen molar-refractivity contribution in [2.45, 2.75) is 82.7 Å². The highest BCUT2D eigenvalue weighted by Crippen LogP contribution is 2.46. The summed E-state index contributed by atoms with van der Waals surface area (Å²) in [5.74, 6) is -2.48. The number of piperidine rings is 2. The Morgan fingerprint density at radius 2 is 1.74 bits per heavy atom. The number of anilines is 1. The van der Waals surface area contributed by atoms with E-state index in [2.05, 4.69) is 20.3 Å². The fraction of sp³-hybridized carbons (Fsp3) is 0.400. The van der Waals surface area contributed by atoms with Crippen LogP contribution in [0.2, 0.25) is 5.02 Å². The second-order valence-electron chi connectivity index (χ2n) is 18.6.